The fourth-order valence-electron chi connectivity index (χ4n) is 2.69. The van der Waals surface area contributed by atoms with Crippen molar-refractivity contribution in [2.45, 2.75) is 25.3 Å². The minimum atomic E-state index is -3.30. The third kappa shape index (κ3) is 3.47. The third-order valence-electron chi connectivity index (χ3n) is 4.02. The lowest BCUT2D eigenvalue weighted by Gasteiger charge is -2.04. The van der Waals surface area contributed by atoms with Crippen LogP contribution < -0.4 is 4.80 Å². The summed E-state index contributed by atoms with van der Waals surface area (Å²) in [7, 11) is -3.30. The molecule has 136 valence electrons. The molecule has 1 aromatic heterocycles. The average Bonchev–Trinajstić information content (AvgIpc) is 2.97. The molecule has 0 aliphatic carbocycles. The van der Waals surface area contributed by atoms with Gasteiger partial charge >= 0.3 is 0 Å². The van der Waals surface area contributed by atoms with Crippen molar-refractivity contribution in [3.63, 3.8) is 0 Å². The molecule has 2 aromatic carbocycles. The molecule has 3 aromatic rings. The summed E-state index contributed by atoms with van der Waals surface area (Å²) in [5.41, 5.74) is 2.37. The molecular formula is C18H17ClN2O3S2. The van der Waals surface area contributed by atoms with E-state index in [9.17, 15) is 13.2 Å². The Labute approximate surface area is 160 Å². The Morgan fingerprint density at radius 2 is 1.85 bits per heavy atom. The fourth-order valence-corrected chi connectivity index (χ4v) is 4.77. The summed E-state index contributed by atoms with van der Waals surface area (Å²) in [6.07, 6.45) is 1.13. The first-order valence-corrected chi connectivity index (χ1v) is 11.0. The second kappa shape index (κ2) is 6.98. The van der Waals surface area contributed by atoms with Crippen LogP contribution in [0.2, 0.25) is 5.02 Å². The molecule has 0 saturated carbocycles. The number of amides is 1. The van der Waals surface area contributed by atoms with Crippen LogP contribution >= 0.6 is 22.9 Å². The first kappa shape index (κ1) is 18.8. The molecule has 1 amide bonds. The van der Waals surface area contributed by atoms with Crippen LogP contribution in [0.5, 0.6) is 0 Å². The van der Waals surface area contributed by atoms with Gasteiger partial charge in [0.05, 0.1) is 20.1 Å². The number of aromatic nitrogens is 1. The molecule has 0 radical (unpaired) electrons. The van der Waals surface area contributed by atoms with Gasteiger partial charge in [-0.15, -0.1) is 0 Å². The van der Waals surface area contributed by atoms with E-state index < -0.39 is 15.7 Å². The van der Waals surface area contributed by atoms with E-state index in [1.54, 1.807) is 0 Å². The van der Waals surface area contributed by atoms with E-state index in [4.69, 9.17) is 11.6 Å². The maximum absolute atomic E-state index is 12.5. The summed E-state index contributed by atoms with van der Waals surface area (Å²) in [4.78, 5) is 17.5. The molecule has 0 aliphatic rings. The molecule has 0 fully saturated rings. The smallest absolute Gasteiger partial charge is 0.279 e. The van der Waals surface area contributed by atoms with Gasteiger partial charge in [0.1, 0.15) is 0 Å². The van der Waals surface area contributed by atoms with E-state index >= 15 is 0 Å². The van der Waals surface area contributed by atoms with Crippen molar-refractivity contribution in [2.75, 3.05) is 6.26 Å². The summed E-state index contributed by atoms with van der Waals surface area (Å²) < 4.78 is 25.9. The van der Waals surface area contributed by atoms with E-state index in [0.29, 0.717) is 21.9 Å². The molecule has 0 atom stereocenters. The van der Waals surface area contributed by atoms with Gasteiger partial charge in [0.25, 0.3) is 5.91 Å². The van der Waals surface area contributed by atoms with Crippen LogP contribution in [0.4, 0.5) is 0 Å². The first-order valence-electron chi connectivity index (χ1n) is 7.90. The third-order valence-corrected chi connectivity index (χ3v) is 6.69. The fraction of sp³-hybridized carbons (Fsp3) is 0.222. The Balaban J connectivity index is 2.11. The summed E-state index contributed by atoms with van der Waals surface area (Å²) in [5, 5.41) is 0.629. The van der Waals surface area contributed by atoms with Crippen molar-refractivity contribution in [2.24, 2.45) is 4.99 Å². The van der Waals surface area contributed by atoms with Gasteiger partial charge in [0.15, 0.2) is 14.6 Å². The zero-order valence-electron chi connectivity index (χ0n) is 14.5. The Hall–Kier alpha value is -1.96. The molecule has 3 rings (SSSR count). The van der Waals surface area contributed by atoms with E-state index in [1.165, 1.54) is 35.6 Å². The summed E-state index contributed by atoms with van der Waals surface area (Å²) in [6.45, 7) is 4.63. The second-order valence-corrected chi connectivity index (χ2v) is 9.28. The Bertz CT molecular complexity index is 1170. The Morgan fingerprint density at radius 3 is 2.42 bits per heavy atom. The van der Waals surface area contributed by atoms with Crippen molar-refractivity contribution in [1.29, 1.82) is 0 Å². The van der Waals surface area contributed by atoms with Crippen molar-refractivity contribution in [1.82, 2.24) is 4.57 Å². The summed E-state index contributed by atoms with van der Waals surface area (Å²) >= 11 is 7.67. The van der Waals surface area contributed by atoms with Gasteiger partial charge in [-0.05, 0) is 49.7 Å². The van der Waals surface area contributed by atoms with Gasteiger partial charge < -0.3 is 4.57 Å². The largest absolute Gasteiger partial charge is 0.316 e. The zero-order valence-corrected chi connectivity index (χ0v) is 16.9. The Kier molecular flexibility index (Phi) is 5.05. The number of halogens is 1. The van der Waals surface area contributed by atoms with Crippen LogP contribution in [0.1, 0.15) is 22.8 Å². The summed E-state index contributed by atoms with van der Waals surface area (Å²) in [5.74, 6) is -0.424. The normalized spacial score (nSPS) is 12.7. The maximum Gasteiger partial charge on any atom is 0.279 e. The van der Waals surface area contributed by atoms with Gasteiger partial charge in [-0.3, -0.25) is 4.79 Å². The van der Waals surface area contributed by atoms with Crippen molar-refractivity contribution < 1.29 is 13.2 Å². The highest BCUT2D eigenvalue weighted by atomic mass is 35.5. The SMILES string of the molecule is CCn1c(=NC(=O)c2ccc(S(C)(=O)=O)cc2)sc2c(Cl)ccc(C)c21. The number of sulfone groups is 1. The van der Waals surface area contributed by atoms with Crippen LogP contribution in [0.25, 0.3) is 10.2 Å². The molecule has 26 heavy (non-hydrogen) atoms. The lowest BCUT2D eigenvalue weighted by molar-refractivity contribution is 0.0997. The lowest BCUT2D eigenvalue weighted by atomic mass is 10.2. The number of nitrogens with zero attached hydrogens (tertiary/aromatic N) is 2. The van der Waals surface area contributed by atoms with E-state index in [0.717, 1.165) is 22.0 Å². The molecule has 0 bridgehead atoms. The number of fused-ring (bicyclic) bond motifs is 1. The molecule has 5 nitrogen and oxygen atoms in total. The second-order valence-electron chi connectivity index (χ2n) is 5.88. The quantitative estimate of drug-likeness (QED) is 0.661. The van der Waals surface area contributed by atoms with Crippen LogP contribution in [0.3, 0.4) is 0 Å². The zero-order chi connectivity index (χ0) is 19.1. The van der Waals surface area contributed by atoms with Gasteiger partial charge in [0, 0.05) is 18.4 Å². The lowest BCUT2D eigenvalue weighted by Crippen LogP contribution is -2.16. The van der Waals surface area contributed by atoms with Crippen LogP contribution in [-0.4, -0.2) is 25.1 Å². The van der Waals surface area contributed by atoms with E-state index in [-0.39, 0.29) is 4.90 Å². The molecule has 0 aliphatic heterocycles. The molecule has 0 saturated heterocycles. The predicted molar refractivity (Wildman–Crippen MR) is 105 cm³/mol. The number of carbonyl (C=O) groups excluding carboxylic acids is 1. The number of carbonyl (C=O) groups is 1. The highest BCUT2D eigenvalue weighted by Crippen LogP contribution is 2.28. The first-order chi connectivity index (χ1) is 12.2. The minimum Gasteiger partial charge on any atom is -0.316 e. The van der Waals surface area contributed by atoms with Crippen LogP contribution in [-0.2, 0) is 16.4 Å². The van der Waals surface area contributed by atoms with E-state index in [1.807, 2.05) is 30.5 Å². The standard InChI is InChI=1S/C18H17ClN2O3S2/c1-4-21-15-11(2)5-10-14(19)16(15)25-18(21)20-17(22)12-6-8-13(9-7-12)26(3,23)24/h5-10H,4H2,1-3H3. The molecule has 0 N–H and O–H groups in total. The van der Waals surface area contributed by atoms with Crippen LogP contribution in [0.15, 0.2) is 46.3 Å². The van der Waals surface area contributed by atoms with Crippen molar-refractivity contribution in [3.8, 4) is 0 Å². The van der Waals surface area contributed by atoms with Gasteiger partial charge in [0.2, 0.25) is 0 Å². The van der Waals surface area contributed by atoms with Gasteiger partial charge in [-0.25, -0.2) is 8.42 Å². The summed E-state index contributed by atoms with van der Waals surface area (Å²) in [6, 6.07) is 9.56. The van der Waals surface area contributed by atoms with Gasteiger partial charge in [-0.1, -0.05) is 29.0 Å². The number of aryl methyl sites for hydroxylation is 2. The maximum atomic E-state index is 12.5. The van der Waals surface area contributed by atoms with Crippen molar-refractivity contribution >= 4 is 48.9 Å². The molecule has 0 unspecified atom stereocenters. The molecular weight excluding hydrogens is 392 g/mol. The minimum absolute atomic E-state index is 0.168. The number of hydrogen-bond donors (Lipinski definition) is 0. The van der Waals surface area contributed by atoms with Crippen molar-refractivity contribution in [3.05, 3.63) is 57.3 Å². The van der Waals surface area contributed by atoms with E-state index in [2.05, 4.69) is 4.99 Å². The average molecular weight is 409 g/mol. The molecule has 8 heteroatoms. The van der Waals surface area contributed by atoms with Gasteiger partial charge in [-0.2, -0.15) is 4.99 Å². The monoisotopic (exact) mass is 408 g/mol. The Morgan fingerprint density at radius 1 is 1.19 bits per heavy atom. The number of rotatable bonds is 3. The topological polar surface area (TPSA) is 68.5 Å². The molecule has 0 spiro atoms. The highest BCUT2D eigenvalue weighted by molar-refractivity contribution is 7.90. The number of benzene rings is 2. The molecule has 1 heterocycles. The van der Waals surface area contributed by atoms with Crippen LogP contribution in [0, 0.1) is 6.92 Å². The highest BCUT2D eigenvalue weighted by Gasteiger charge is 2.13. The predicted octanol–water partition coefficient (Wildman–Crippen LogP) is 3.83. The number of hydrogen-bond acceptors (Lipinski definition) is 4. The number of thiazole rings is 1.